The summed E-state index contributed by atoms with van der Waals surface area (Å²) in [6, 6.07) is 0. The van der Waals surface area contributed by atoms with Crippen molar-refractivity contribution in [3.8, 4) is 0 Å². The van der Waals surface area contributed by atoms with E-state index in [1.807, 2.05) is 27.7 Å². The first-order valence-electron chi connectivity index (χ1n) is 10.6. The number of carbonyl (C=O) groups is 2. The van der Waals surface area contributed by atoms with Gasteiger partial charge in [-0.2, -0.15) is 0 Å². The smallest absolute Gasteiger partial charge is 0.311 e. The second-order valence-electron chi connectivity index (χ2n) is 8.88. The number of methoxy groups -OCH3 is 1. The molecule has 0 aliphatic carbocycles. The third-order valence-corrected chi connectivity index (χ3v) is 6.74. The number of aliphatic hydroxyl groups is 2. The Bertz CT molecular complexity index is 521. The number of Topliss-reactive ketones (excluding diaryl/α,β-unsaturated/α-hetero) is 1. The van der Waals surface area contributed by atoms with Crippen LogP contribution in [0.2, 0.25) is 0 Å². The van der Waals surface area contributed by atoms with Gasteiger partial charge in [0.2, 0.25) is 0 Å². The van der Waals surface area contributed by atoms with Gasteiger partial charge in [0.05, 0.1) is 24.2 Å². The number of hydrogen-bond acceptors (Lipinski definition) is 6. The highest BCUT2D eigenvalue weighted by Gasteiger charge is 2.40. The Balaban J connectivity index is 3.28. The molecule has 28 heavy (non-hydrogen) atoms. The molecule has 0 spiro atoms. The van der Waals surface area contributed by atoms with Crippen LogP contribution in [-0.2, 0) is 19.1 Å². The summed E-state index contributed by atoms with van der Waals surface area (Å²) in [5.74, 6) is -2.66. The fraction of sp³-hybridized carbons (Fsp3) is 0.909. The Hall–Kier alpha value is -0.980. The molecular formula is C22H40O6. The molecule has 6 heteroatoms. The Morgan fingerprint density at radius 2 is 1.57 bits per heavy atom. The van der Waals surface area contributed by atoms with Crippen molar-refractivity contribution in [1.82, 2.24) is 0 Å². The van der Waals surface area contributed by atoms with Crippen molar-refractivity contribution in [3.05, 3.63) is 0 Å². The summed E-state index contributed by atoms with van der Waals surface area (Å²) in [6.07, 6.45) is -1.52. The summed E-state index contributed by atoms with van der Waals surface area (Å²) >= 11 is 0. The molecule has 0 amide bonds. The van der Waals surface area contributed by atoms with Crippen LogP contribution in [0.4, 0.5) is 0 Å². The van der Waals surface area contributed by atoms with E-state index in [2.05, 4.69) is 0 Å². The highest BCUT2D eigenvalue weighted by molar-refractivity contribution is 5.83. The predicted molar refractivity (Wildman–Crippen MR) is 108 cm³/mol. The summed E-state index contributed by atoms with van der Waals surface area (Å²) in [4.78, 5) is 25.6. The Morgan fingerprint density at radius 3 is 2.07 bits per heavy atom. The lowest BCUT2D eigenvalue weighted by Gasteiger charge is -2.37. The molecule has 1 heterocycles. The zero-order valence-electron chi connectivity index (χ0n) is 18.7. The van der Waals surface area contributed by atoms with E-state index in [9.17, 15) is 19.8 Å². The van der Waals surface area contributed by atoms with Crippen molar-refractivity contribution < 1.29 is 29.3 Å². The van der Waals surface area contributed by atoms with Crippen molar-refractivity contribution in [2.24, 2.45) is 35.5 Å². The summed E-state index contributed by atoms with van der Waals surface area (Å²) in [5.41, 5.74) is 0. The highest BCUT2D eigenvalue weighted by atomic mass is 18.1. The van der Waals surface area contributed by atoms with Crippen molar-refractivity contribution in [2.75, 3.05) is 7.11 Å². The molecule has 10 atom stereocenters. The second kappa shape index (κ2) is 10.7. The molecule has 1 saturated heterocycles. The van der Waals surface area contributed by atoms with Gasteiger partial charge in [-0.3, -0.25) is 9.59 Å². The third kappa shape index (κ3) is 5.55. The molecule has 0 saturated carbocycles. The SMILES string of the molecule is CC[C@H]1OC(=O)[C@H](C)[C@@H](O)[C@H](C)[C@@H](OC)[C@@H](C)C[C@@H](C)C(=[18O])[C@H](C)[C@@H](O)[C@H]1C. The van der Waals surface area contributed by atoms with Crippen LogP contribution in [0.5, 0.6) is 0 Å². The topological polar surface area (TPSA) is 93.1 Å². The summed E-state index contributed by atoms with van der Waals surface area (Å²) in [6.45, 7) is 12.8. The van der Waals surface area contributed by atoms with E-state index in [0.717, 1.165) is 0 Å². The van der Waals surface area contributed by atoms with Crippen LogP contribution in [0, 0.1) is 35.5 Å². The average Bonchev–Trinajstić information content (AvgIpc) is 2.67. The number of rotatable bonds is 2. The van der Waals surface area contributed by atoms with Gasteiger partial charge in [-0.1, -0.05) is 41.5 Å². The number of ketones is 1. The molecule has 164 valence electrons. The van der Waals surface area contributed by atoms with E-state index in [1.54, 1.807) is 27.9 Å². The molecular weight excluding hydrogens is 362 g/mol. The lowest BCUT2D eigenvalue weighted by molar-refractivity contribution is -0.166. The molecule has 1 aliphatic heterocycles. The number of esters is 1. The van der Waals surface area contributed by atoms with Gasteiger partial charge in [-0.25, -0.2) is 0 Å². The number of cyclic esters (lactones) is 1. The van der Waals surface area contributed by atoms with Crippen molar-refractivity contribution in [3.63, 3.8) is 0 Å². The first kappa shape index (κ1) is 25.1. The third-order valence-electron chi connectivity index (χ3n) is 6.74. The normalized spacial score (nSPS) is 44.6. The predicted octanol–water partition coefficient (Wildman–Crippen LogP) is 2.83. The Morgan fingerprint density at radius 1 is 1.04 bits per heavy atom. The molecule has 1 aliphatic rings. The Kier molecular flexibility index (Phi) is 9.57. The lowest BCUT2D eigenvalue weighted by Crippen LogP contribution is -2.45. The minimum Gasteiger partial charge on any atom is -0.462 e. The largest absolute Gasteiger partial charge is 0.462 e. The minimum atomic E-state index is -0.925. The standard InChI is InChI=1S/C22H40O6/c1-9-17-13(4)19(24)14(5)18(23)11(2)10-12(3)21(27-8)15(6)20(25)16(7)22(26)28-17/h11-17,19-21,24-25H,9-10H2,1-8H3/t11-,12+,13+,14+,15+,16-,17-,19+,20+,21+/m1/s1/i23+2. The van der Waals surface area contributed by atoms with Gasteiger partial charge in [0, 0.05) is 30.8 Å². The highest BCUT2D eigenvalue weighted by Crippen LogP contribution is 2.32. The van der Waals surface area contributed by atoms with Gasteiger partial charge >= 0.3 is 5.97 Å². The Labute approximate surface area is 170 Å². The maximum atomic E-state index is 12.9. The van der Waals surface area contributed by atoms with Crippen LogP contribution in [0.25, 0.3) is 0 Å². The van der Waals surface area contributed by atoms with E-state index >= 15 is 0 Å². The van der Waals surface area contributed by atoms with Gasteiger partial charge in [-0.15, -0.1) is 0 Å². The lowest BCUT2D eigenvalue weighted by atomic mass is 9.77. The van der Waals surface area contributed by atoms with Gasteiger partial charge < -0.3 is 19.7 Å². The van der Waals surface area contributed by atoms with Gasteiger partial charge in [0.1, 0.15) is 11.9 Å². The maximum Gasteiger partial charge on any atom is 0.311 e. The van der Waals surface area contributed by atoms with Crippen LogP contribution >= 0.6 is 0 Å². The first-order chi connectivity index (χ1) is 13.0. The molecule has 0 unspecified atom stereocenters. The zero-order chi connectivity index (χ0) is 21.8. The average molecular weight is 403 g/mol. The van der Waals surface area contributed by atoms with E-state index in [4.69, 9.17) is 9.47 Å². The van der Waals surface area contributed by atoms with Gasteiger partial charge in [0.25, 0.3) is 0 Å². The van der Waals surface area contributed by atoms with Crippen molar-refractivity contribution >= 4 is 11.8 Å². The van der Waals surface area contributed by atoms with E-state index in [0.29, 0.717) is 12.8 Å². The van der Waals surface area contributed by atoms with Crippen LogP contribution in [0.15, 0.2) is 0 Å². The molecule has 0 aromatic heterocycles. The van der Waals surface area contributed by atoms with E-state index in [1.165, 1.54) is 0 Å². The summed E-state index contributed by atoms with van der Waals surface area (Å²) in [5, 5.41) is 21.6. The minimum absolute atomic E-state index is 0.000798. The summed E-state index contributed by atoms with van der Waals surface area (Å²) < 4.78 is 11.3. The van der Waals surface area contributed by atoms with Gasteiger partial charge in [0.15, 0.2) is 0 Å². The fourth-order valence-electron chi connectivity index (χ4n) is 4.67. The monoisotopic (exact) mass is 402 g/mol. The summed E-state index contributed by atoms with van der Waals surface area (Å²) in [7, 11) is 1.59. The van der Waals surface area contributed by atoms with Crippen LogP contribution in [0.1, 0.15) is 61.3 Å². The fourth-order valence-corrected chi connectivity index (χ4v) is 4.67. The second-order valence-corrected chi connectivity index (χ2v) is 8.88. The number of aliphatic hydroxyl groups excluding tert-OH is 2. The molecule has 0 radical (unpaired) electrons. The maximum absolute atomic E-state index is 12.9. The van der Waals surface area contributed by atoms with E-state index in [-0.39, 0.29) is 35.6 Å². The molecule has 1 fully saturated rings. The molecule has 0 aromatic carbocycles. The zero-order valence-corrected chi connectivity index (χ0v) is 18.7. The molecule has 2 N–H and O–H groups in total. The molecule has 0 bridgehead atoms. The van der Waals surface area contributed by atoms with Crippen LogP contribution in [0.3, 0.4) is 0 Å². The van der Waals surface area contributed by atoms with Crippen molar-refractivity contribution in [2.45, 2.75) is 85.7 Å². The number of ether oxygens (including phenoxy) is 2. The van der Waals surface area contributed by atoms with Crippen LogP contribution in [-0.4, -0.2) is 53.5 Å². The first-order valence-corrected chi connectivity index (χ1v) is 10.6. The van der Waals surface area contributed by atoms with E-state index < -0.39 is 36.1 Å². The molecule has 6 nitrogen and oxygen atoms in total. The van der Waals surface area contributed by atoms with Gasteiger partial charge in [-0.05, 0) is 25.7 Å². The number of carbonyl (C=O) groups excluding carboxylic acids is 2. The molecule has 0 aromatic rings. The van der Waals surface area contributed by atoms with Crippen LogP contribution < -0.4 is 0 Å². The van der Waals surface area contributed by atoms with Crippen molar-refractivity contribution in [1.29, 1.82) is 0 Å². The molecule has 1 rings (SSSR count). The number of hydrogen-bond donors (Lipinski definition) is 2. The quantitative estimate of drug-likeness (QED) is 0.545.